The zero-order chi connectivity index (χ0) is 14.0. The number of nitrogens with two attached hydrogens (primary N) is 1. The largest absolute Gasteiger partial charge is 0.426 e. The van der Waals surface area contributed by atoms with Crippen molar-refractivity contribution in [2.75, 3.05) is 24.5 Å². The lowest BCUT2D eigenvalue weighted by atomic mass is 9.85. The van der Waals surface area contributed by atoms with Crippen LogP contribution in [0.5, 0.6) is 5.75 Å². The number of esters is 1. The molecule has 0 aliphatic carbocycles. The summed E-state index contributed by atoms with van der Waals surface area (Å²) in [6, 6.07) is 6.11. The average Bonchev–Trinajstić information content (AvgIpc) is 2.40. The molecule has 2 atom stereocenters. The van der Waals surface area contributed by atoms with Gasteiger partial charge in [-0.25, -0.2) is 0 Å². The Morgan fingerprint density at radius 1 is 1.32 bits per heavy atom. The van der Waals surface area contributed by atoms with Crippen molar-refractivity contribution in [3.8, 4) is 5.75 Å². The van der Waals surface area contributed by atoms with E-state index >= 15 is 0 Å². The first-order valence-corrected chi connectivity index (χ1v) is 6.93. The van der Waals surface area contributed by atoms with E-state index in [1.54, 1.807) is 0 Å². The number of ether oxygens (including phenoxy) is 1. The van der Waals surface area contributed by atoms with E-state index in [4.69, 9.17) is 10.5 Å². The summed E-state index contributed by atoms with van der Waals surface area (Å²) in [5.41, 5.74) is 7.82. The van der Waals surface area contributed by atoms with Gasteiger partial charge in [0.05, 0.1) is 5.92 Å². The Morgan fingerprint density at radius 3 is 2.58 bits per heavy atom. The van der Waals surface area contributed by atoms with Gasteiger partial charge in [0.1, 0.15) is 5.75 Å². The summed E-state index contributed by atoms with van der Waals surface area (Å²) >= 11 is 0. The first kappa shape index (κ1) is 13.9. The predicted octanol–water partition coefficient (Wildman–Crippen LogP) is 2.13. The van der Waals surface area contributed by atoms with Crippen LogP contribution in [0.25, 0.3) is 0 Å². The molecule has 104 valence electrons. The van der Waals surface area contributed by atoms with Crippen LogP contribution >= 0.6 is 0 Å². The average molecular weight is 262 g/mol. The van der Waals surface area contributed by atoms with Gasteiger partial charge in [-0.05, 0) is 31.4 Å². The molecule has 1 aliphatic heterocycles. The minimum absolute atomic E-state index is 0.118. The molecular formula is C15H22N2O2. The Hall–Kier alpha value is -1.55. The molecule has 1 heterocycles. The Kier molecular flexibility index (Phi) is 4.10. The summed E-state index contributed by atoms with van der Waals surface area (Å²) in [6.07, 6.45) is 0. The number of hydrogen-bond donors (Lipinski definition) is 1. The van der Waals surface area contributed by atoms with E-state index in [1.165, 1.54) is 0 Å². The molecule has 0 aromatic heterocycles. The first-order chi connectivity index (χ1) is 9.12. The minimum Gasteiger partial charge on any atom is -0.426 e. The Morgan fingerprint density at radius 2 is 2.00 bits per heavy atom. The van der Waals surface area contributed by atoms with Crippen molar-refractivity contribution in [1.82, 2.24) is 0 Å². The number of benzene rings is 1. The predicted molar refractivity (Wildman–Crippen MR) is 76.6 cm³/mol. The molecular weight excluding hydrogens is 240 g/mol. The summed E-state index contributed by atoms with van der Waals surface area (Å²) in [4.78, 5) is 14.1. The van der Waals surface area contributed by atoms with Gasteiger partial charge in [0, 0.05) is 31.4 Å². The number of carbonyl (C=O) groups excluding carboxylic acids is 1. The van der Waals surface area contributed by atoms with Crippen LogP contribution in [-0.4, -0.2) is 25.6 Å². The quantitative estimate of drug-likeness (QED) is 0.667. The minimum atomic E-state index is -0.230. The molecule has 19 heavy (non-hydrogen) atoms. The molecule has 0 radical (unpaired) electrons. The first-order valence-electron chi connectivity index (χ1n) is 6.93. The fourth-order valence-electron chi connectivity index (χ4n) is 2.68. The van der Waals surface area contributed by atoms with Gasteiger partial charge in [0.15, 0.2) is 0 Å². The molecule has 2 rings (SSSR count). The van der Waals surface area contributed by atoms with Crippen LogP contribution in [0.3, 0.4) is 0 Å². The molecule has 2 N–H and O–H groups in total. The van der Waals surface area contributed by atoms with Gasteiger partial charge >= 0.3 is 5.97 Å². The molecule has 0 spiro atoms. The molecule has 4 nitrogen and oxygen atoms in total. The van der Waals surface area contributed by atoms with E-state index in [2.05, 4.69) is 30.9 Å². The SMILES string of the molecule is CCN(CC)c1ccc2c(c1)OC(=O)C(CN)C2C. The number of fused-ring (bicyclic) bond motifs is 1. The van der Waals surface area contributed by atoms with Crippen molar-refractivity contribution in [3.05, 3.63) is 23.8 Å². The van der Waals surface area contributed by atoms with Gasteiger partial charge in [-0.2, -0.15) is 0 Å². The molecule has 0 bridgehead atoms. The highest BCUT2D eigenvalue weighted by molar-refractivity contribution is 5.80. The summed E-state index contributed by atoms with van der Waals surface area (Å²) in [7, 11) is 0. The van der Waals surface area contributed by atoms with E-state index < -0.39 is 0 Å². The zero-order valence-electron chi connectivity index (χ0n) is 11.8. The van der Waals surface area contributed by atoms with Crippen LogP contribution in [0.1, 0.15) is 32.3 Å². The fraction of sp³-hybridized carbons (Fsp3) is 0.533. The van der Waals surface area contributed by atoms with Crippen molar-refractivity contribution < 1.29 is 9.53 Å². The summed E-state index contributed by atoms with van der Waals surface area (Å²) in [5.74, 6) is 0.365. The normalized spacial score (nSPS) is 21.8. The summed E-state index contributed by atoms with van der Waals surface area (Å²) < 4.78 is 5.44. The lowest BCUT2D eigenvalue weighted by Crippen LogP contribution is -2.35. The van der Waals surface area contributed by atoms with E-state index in [9.17, 15) is 4.79 Å². The number of nitrogens with zero attached hydrogens (tertiary/aromatic N) is 1. The van der Waals surface area contributed by atoms with Gasteiger partial charge in [-0.1, -0.05) is 13.0 Å². The van der Waals surface area contributed by atoms with Gasteiger partial charge in [-0.15, -0.1) is 0 Å². The molecule has 4 heteroatoms. The molecule has 0 saturated heterocycles. The monoisotopic (exact) mass is 262 g/mol. The highest BCUT2D eigenvalue weighted by Crippen LogP contribution is 2.39. The van der Waals surface area contributed by atoms with E-state index in [0.717, 1.165) is 24.3 Å². The number of rotatable bonds is 4. The third-order valence-electron chi connectivity index (χ3n) is 3.99. The zero-order valence-corrected chi connectivity index (χ0v) is 11.8. The standard InChI is InChI=1S/C15H22N2O2/c1-4-17(5-2)11-6-7-12-10(3)13(9-16)15(18)19-14(12)8-11/h6-8,10,13H,4-5,9,16H2,1-3H3. The second kappa shape index (κ2) is 5.61. The topological polar surface area (TPSA) is 55.6 Å². The molecule has 0 fully saturated rings. The highest BCUT2D eigenvalue weighted by atomic mass is 16.5. The van der Waals surface area contributed by atoms with Crippen LogP contribution < -0.4 is 15.4 Å². The maximum atomic E-state index is 11.9. The second-order valence-corrected chi connectivity index (χ2v) is 4.95. The van der Waals surface area contributed by atoms with Gasteiger partial charge in [0.2, 0.25) is 0 Å². The number of hydrogen-bond acceptors (Lipinski definition) is 4. The van der Waals surface area contributed by atoms with Crippen molar-refractivity contribution in [1.29, 1.82) is 0 Å². The fourth-order valence-corrected chi connectivity index (χ4v) is 2.68. The van der Waals surface area contributed by atoms with Crippen molar-refractivity contribution in [2.45, 2.75) is 26.7 Å². The Bertz CT molecular complexity index is 469. The van der Waals surface area contributed by atoms with E-state index in [0.29, 0.717) is 12.3 Å². The highest BCUT2D eigenvalue weighted by Gasteiger charge is 2.34. The molecule has 1 aliphatic rings. The van der Waals surface area contributed by atoms with Crippen molar-refractivity contribution >= 4 is 11.7 Å². The van der Waals surface area contributed by atoms with Gasteiger partial charge in [-0.3, -0.25) is 4.79 Å². The van der Waals surface area contributed by atoms with Gasteiger partial charge in [0.25, 0.3) is 0 Å². The number of anilines is 1. The molecule has 0 saturated carbocycles. The maximum Gasteiger partial charge on any atom is 0.316 e. The summed E-state index contributed by atoms with van der Waals surface area (Å²) in [6.45, 7) is 8.46. The van der Waals surface area contributed by atoms with Gasteiger partial charge < -0.3 is 15.4 Å². The van der Waals surface area contributed by atoms with Crippen LogP contribution in [0.2, 0.25) is 0 Å². The smallest absolute Gasteiger partial charge is 0.316 e. The molecule has 1 aromatic carbocycles. The van der Waals surface area contributed by atoms with E-state index in [-0.39, 0.29) is 17.8 Å². The molecule has 0 amide bonds. The second-order valence-electron chi connectivity index (χ2n) is 4.95. The van der Waals surface area contributed by atoms with Crippen LogP contribution in [0.15, 0.2) is 18.2 Å². The third kappa shape index (κ3) is 2.45. The lowest BCUT2D eigenvalue weighted by molar-refractivity contribution is -0.140. The van der Waals surface area contributed by atoms with Crippen LogP contribution in [-0.2, 0) is 4.79 Å². The summed E-state index contributed by atoms with van der Waals surface area (Å²) in [5, 5.41) is 0. The Balaban J connectivity index is 2.37. The lowest BCUT2D eigenvalue weighted by Gasteiger charge is -2.30. The van der Waals surface area contributed by atoms with Crippen LogP contribution in [0, 0.1) is 5.92 Å². The Labute approximate surface area is 114 Å². The maximum absolute atomic E-state index is 11.9. The van der Waals surface area contributed by atoms with Crippen molar-refractivity contribution in [3.63, 3.8) is 0 Å². The number of carbonyl (C=O) groups is 1. The molecule has 1 aromatic rings. The van der Waals surface area contributed by atoms with E-state index in [1.807, 2.05) is 13.0 Å². The van der Waals surface area contributed by atoms with Crippen LogP contribution in [0.4, 0.5) is 5.69 Å². The third-order valence-corrected chi connectivity index (χ3v) is 3.99. The van der Waals surface area contributed by atoms with Crippen molar-refractivity contribution in [2.24, 2.45) is 11.7 Å². The molecule has 2 unspecified atom stereocenters.